The first kappa shape index (κ1) is 19.0. The second-order valence-electron chi connectivity index (χ2n) is 6.93. The van der Waals surface area contributed by atoms with Gasteiger partial charge in [0, 0.05) is 12.1 Å². The van der Waals surface area contributed by atoms with Crippen LogP contribution in [0.2, 0.25) is 0 Å². The second kappa shape index (κ2) is 7.22. The fraction of sp³-hybridized carbons (Fsp3) is 0.174. The molecule has 3 aromatic carbocycles. The summed E-state index contributed by atoms with van der Waals surface area (Å²) in [5.41, 5.74) is 3.65. The molecule has 5 heteroatoms. The van der Waals surface area contributed by atoms with Gasteiger partial charge in [-0.2, -0.15) is 0 Å². The maximum Gasteiger partial charge on any atom is 0.340 e. The van der Waals surface area contributed by atoms with Crippen molar-refractivity contribution in [3.05, 3.63) is 70.8 Å². The van der Waals surface area contributed by atoms with E-state index in [-0.39, 0.29) is 0 Å². The molecule has 0 spiro atoms. The molecule has 28 heavy (non-hydrogen) atoms. The first-order valence-corrected chi connectivity index (χ1v) is 11.0. The van der Waals surface area contributed by atoms with Gasteiger partial charge in [0.05, 0.1) is 16.9 Å². The van der Waals surface area contributed by atoms with Crippen LogP contribution in [0, 0.1) is 20.8 Å². The van der Waals surface area contributed by atoms with Crippen LogP contribution in [-0.2, 0) is 10.9 Å². The fourth-order valence-corrected chi connectivity index (χ4v) is 7.53. The number of carboxylic acids is 1. The lowest BCUT2D eigenvalue weighted by Crippen LogP contribution is -2.16. The van der Waals surface area contributed by atoms with Crippen LogP contribution in [0.15, 0.2) is 73.0 Å². The minimum Gasteiger partial charge on any atom is -0.496 e. The Balaban J connectivity index is 2.03. The Bertz CT molecular complexity index is 1050. The molecule has 0 atom stereocenters. The molecule has 0 unspecified atom stereocenters. The fourth-order valence-electron chi connectivity index (χ4n) is 3.42. The number of aromatic carboxylic acids is 1. The van der Waals surface area contributed by atoms with Crippen molar-refractivity contribution in [3.8, 4) is 5.75 Å². The molecule has 142 valence electrons. The molecule has 1 aliphatic heterocycles. The lowest BCUT2D eigenvalue weighted by molar-refractivity contribution is 0.0692. The number of hydrogen-bond acceptors (Lipinski definition) is 3. The third kappa shape index (κ3) is 3.19. The third-order valence-electron chi connectivity index (χ3n) is 4.81. The highest BCUT2D eigenvalue weighted by atomic mass is 32.2. The van der Waals surface area contributed by atoms with E-state index >= 15 is 0 Å². The van der Waals surface area contributed by atoms with Gasteiger partial charge in [-0.05, 0) is 61.7 Å². The van der Waals surface area contributed by atoms with Gasteiger partial charge >= 0.3 is 5.97 Å². The van der Waals surface area contributed by atoms with Crippen LogP contribution in [0.3, 0.4) is 0 Å². The summed E-state index contributed by atoms with van der Waals surface area (Å²) in [6, 6.07) is 16.5. The van der Waals surface area contributed by atoms with Crippen LogP contribution in [0.5, 0.6) is 5.75 Å². The molecule has 0 fully saturated rings. The van der Waals surface area contributed by atoms with Crippen molar-refractivity contribution >= 4 is 28.6 Å². The van der Waals surface area contributed by atoms with Crippen LogP contribution in [0.1, 0.15) is 27.0 Å². The summed E-state index contributed by atoms with van der Waals surface area (Å²) in [6.45, 7) is 6.14. The van der Waals surface area contributed by atoms with E-state index in [4.69, 9.17) is 4.74 Å². The Labute approximate surface area is 172 Å². The molecule has 0 radical (unpaired) electrons. The number of aryl methyl sites for hydroxylation is 3. The standard InChI is InChI=1S/C23H20O3S2/c1-13-5-7-20-18(9-13)27-19-10-14(2)6-8-21(19)28(20)22-11-15(3)17(26-4)12-16(22)23(24)25/h5-12H,1-4H3/p+1. The highest BCUT2D eigenvalue weighted by Gasteiger charge is 2.41. The third-order valence-corrected chi connectivity index (χ3v) is 8.55. The molecular formula is C23H21O3S2+. The predicted molar refractivity (Wildman–Crippen MR) is 113 cm³/mol. The number of benzene rings is 3. The summed E-state index contributed by atoms with van der Waals surface area (Å²) in [4.78, 5) is 17.7. The summed E-state index contributed by atoms with van der Waals surface area (Å²) in [5, 5.41) is 9.94. The van der Waals surface area contributed by atoms with E-state index in [1.54, 1.807) is 24.9 Å². The van der Waals surface area contributed by atoms with Gasteiger partial charge in [-0.15, -0.1) is 0 Å². The molecule has 1 aliphatic rings. The predicted octanol–water partition coefficient (Wildman–Crippen LogP) is 5.88. The van der Waals surface area contributed by atoms with Gasteiger partial charge in [0.1, 0.15) is 22.2 Å². The van der Waals surface area contributed by atoms with Crippen molar-refractivity contribution in [3.63, 3.8) is 0 Å². The minimum absolute atomic E-state index is 0.302. The number of fused-ring (bicyclic) bond motifs is 2. The smallest absolute Gasteiger partial charge is 0.340 e. The molecule has 1 N–H and O–H groups in total. The van der Waals surface area contributed by atoms with Gasteiger partial charge < -0.3 is 9.84 Å². The Hall–Kier alpha value is -2.37. The van der Waals surface area contributed by atoms with E-state index in [0.717, 1.165) is 10.5 Å². The Kier molecular flexibility index (Phi) is 4.89. The molecule has 0 aliphatic carbocycles. The van der Waals surface area contributed by atoms with Crippen LogP contribution in [0.4, 0.5) is 0 Å². The van der Waals surface area contributed by atoms with Gasteiger partial charge in [-0.25, -0.2) is 4.79 Å². The average molecular weight is 410 g/mol. The van der Waals surface area contributed by atoms with Crippen LogP contribution >= 0.6 is 11.8 Å². The minimum atomic E-state index is -0.929. The monoisotopic (exact) mass is 409 g/mol. The second-order valence-corrected chi connectivity index (χ2v) is 9.95. The van der Waals surface area contributed by atoms with Crippen molar-refractivity contribution < 1.29 is 14.6 Å². The quantitative estimate of drug-likeness (QED) is 0.429. The van der Waals surface area contributed by atoms with Crippen molar-refractivity contribution in [2.24, 2.45) is 0 Å². The first-order chi connectivity index (χ1) is 13.4. The molecule has 4 rings (SSSR count). The number of carboxylic acid groups (broad SMARTS) is 1. The topological polar surface area (TPSA) is 46.5 Å². The van der Waals surface area contributed by atoms with Crippen molar-refractivity contribution in [1.29, 1.82) is 0 Å². The zero-order valence-electron chi connectivity index (χ0n) is 16.2. The summed E-state index contributed by atoms with van der Waals surface area (Å²) >= 11 is 1.77. The molecule has 0 saturated carbocycles. The van der Waals surface area contributed by atoms with Crippen molar-refractivity contribution in [1.82, 2.24) is 0 Å². The van der Waals surface area contributed by atoms with E-state index in [1.807, 2.05) is 13.0 Å². The number of hydrogen-bond donors (Lipinski definition) is 1. The Morgan fingerprint density at radius 3 is 1.96 bits per heavy atom. The summed E-state index contributed by atoms with van der Waals surface area (Å²) in [7, 11) is 1.09. The summed E-state index contributed by atoms with van der Waals surface area (Å²) in [6.07, 6.45) is 0. The first-order valence-electron chi connectivity index (χ1n) is 8.94. The molecule has 3 aromatic rings. The van der Waals surface area contributed by atoms with Crippen LogP contribution in [-0.4, -0.2) is 18.2 Å². The lowest BCUT2D eigenvalue weighted by atomic mass is 10.1. The largest absolute Gasteiger partial charge is 0.496 e. The lowest BCUT2D eigenvalue weighted by Gasteiger charge is -2.21. The van der Waals surface area contributed by atoms with Crippen molar-refractivity contribution in [2.75, 3.05) is 7.11 Å². The molecule has 1 heterocycles. The van der Waals surface area contributed by atoms with E-state index in [1.165, 1.54) is 30.7 Å². The maximum absolute atomic E-state index is 12.1. The number of ether oxygens (including phenoxy) is 1. The van der Waals surface area contributed by atoms with Gasteiger partial charge in [0.15, 0.2) is 14.7 Å². The molecule has 0 saturated heterocycles. The Morgan fingerprint density at radius 1 is 0.893 bits per heavy atom. The van der Waals surface area contributed by atoms with Gasteiger partial charge in [0.2, 0.25) is 0 Å². The number of methoxy groups -OCH3 is 1. The van der Waals surface area contributed by atoms with Crippen molar-refractivity contribution in [2.45, 2.75) is 45.2 Å². The molecular weight excluding hydrogens is 388 g/mol. The van der Waals surface area contributed by atoms with Crippen LogP contribution < -0.4 is 4.74 Å². The average Bonchev–Trinajstić information content (AvgIpc) is 2.65. The summed E-state index contributed by atoms with van der Waals surface area (Å²) < 4.78 is 5.38. The molecule has 0 bridgehead atoms. The van der Waals surface area contributed by atoms with Gasteiger partial charge in [-0.1, -0.05) is 23.9 Å². The van der Waals surface area contributed by atoms with Crippen LogP contribution in [0.25, 0.3) is 0 Å². The van der Waals surface area contributed by atoms with E-state index in [0.29, 0.717) is 11.3 Å². The molecule has 0 amide bonds. The highest BCUT2D eigenvalue weighted by Crippen LogP contribution is 2.49. The zero-order valence-corrected chi connectivity index (χ0v) is 17.8. The van der Waals surface area contributed by atoms with E-state index < -0.39 is 16.9 Å². The number of carbonyl (C=O) groups is 1. The SMILES string of the molecule is COc1cc(C(=O)O)c([S+]2c3ccc(C)cc3Sc3cc(C)ccc32)cc1C. The molecule has 0 aromatic heterocycles. The van der Waals surface area contributed by atoms with Gasteiger partial charge in [0.25, 0.3) is 0 Å². The highest BCUT2D eigenvalue weighted by molar-refractivity contribution is 8.04. The molecule has 3 nitrogen and oxygen atoms in total. The number of rotatable bonds is 3. The Morgan fingerprint density at radius 2 is 1.46 bits per heavy atom. The zero-order chi connectivity index (χ0) is 20.0. The normalized spacial score (nSPS) is 13.0. The van der Waals surface area contributed by atoms with E-state index in [2.05, 4.69) is 50.2 Å². The summed E-state index contributed by atoms with van der Waals surface area (Å²) in [5.74, 6) is -0.328. The maximum atomic E-state index is 12.1. The van der Waals surface area contributed by atoms with E-state index in [9.17, 15) is 9.90 Å². The van der Waals surface area contributed by atoms with Gasteiger partial charge in [-0.3, -0.25) is 0 Å².